The minimum Gasteiger partial charge on any atom is -0.485 e. The zero-order valence-electron chi connectivity index (χ0n) is 16.4. The Balaban J connectivity index is 1.37. The minimum absolute atomic E-state index is 0.0992. The number of carbonyl (C=O) groups is 1. The summed E-state index contributed by atoms with van der Waals surface area (Å²) in [6, 6.07) is 13.1. The summed E-state index contributed by atoms with van der Waals surface area (Å²) in [5.74, 6) is 0.526. The fourth-order valence-corrected chi connectivity index (χ4v) is 4.01. The number of nitrogens with zero attached hydrogens (tertiary/aromatic N) is 2. The molecule has 8 heteroatoms. The van der Waals surface area contributed by atoms with Crippen molar-refractivity contribution in [1.29, 1.82) is 0 Å². The van der Waals surface area contributed by atoms with Crippen LogP contribution in [-0.2, 0) is 13.2 Å². The van der Waals surface area contributed by atoms with Gasteiger partial charge in [0.15, 0.2) is 0 Å². The summed E-state index contributed by atoms with van der Waals surface area (Å²) < 4.78 is 5.76. The number of hydrogen-bond acceptors (Lipinski definition) is 4. The monoisotopic (exact) mass is 461 g/mol. The van der Waals surface area contributed by atoms with E-state index in [0.717, 1.165) is 34.8 Å². The van der Waals surface area contributed by atoms with Crippen LogP contribution in [0.15, 0.2) is 47.8 Å². The Bertz CT molecular complexity index is 1040. The lowest BCUT2D eigenvalue weighted by Gasteiger charge is -2.22. The summed E-state index contributed by atoms with van der Waals surface area (Å²) in [6.07, 6.45) is 2.05. The topological polar surface area (TPSA) is 54.5 Å². The zero-order chi connectivity index (χ0) is 21.1. The van der Waals surface area contributed by atoms with E-state index in [2.05, 4.69) is 10.3 Å². The van der Waals surface area contributed by atoms with Crippen LogP contribution in [0.5, 0.6) is 5.75 Å². The molecule has 3 aromatic rings. The molecule has 0 spiro atoms. The highest BCUT2D eigenvalue weighted by molar-refractivity contribution is 7.09. The van der Waals surface area contributed by atoms with Crippen LogP contribution in [0.3, 0.4) is 0 Å². The maximum atomic E-state index is 12.8. The molecule has 1 aliphatic carbocycles. The molecule has 0 radical (unpaired) electrons. The van der Waals surface area contributed by atoms with Crippen molar-refractivity contribution in [2.24, 2.45) is 0 Å². The predicted octanol–water partition coefficient (Wildman–Crippen LogP) is 6.53. The molecule has 0 bridgehead atoms. The minimum atomic E-state index is -0.0992. The number of aryl methyl sites for hydroxylation is 1. The summed E-state index contributed by atoms with van der Waals surface area (Å²) in [6.45, 7) is 2.78. The lowest BCUT2D eigenvalue weighted by atomic mass is 10.2. The third-order valence-electron chi connectivity index (χ3n) is 4.73. The number of anilines is 1. The van der Waals surface area contributed by atoms with Crippen LogP contribution in [0.2, 0.25) is 10.0 Å². The number of aromatic nitrogens is 1. The average Bonchev–Trinajstić information content (AvgIpc) is 3.47. The van der Waals surface area contributed by atoms with Gasteiger partial charge in [0.1, 0.15) is 17.4 Å². The van der Waals surface area contributed by atoms with Crippen molar-refractivity contribution >= 4 is 46.3 Å². The van der Waals surface area contributed by atoms with E-state index in [-0.39, 0.29) is 12.1 Å². The molecule has 2 aromatic carbocycles. The molecule has 156 valence electrons. The molecule has 1 N–H and O–H groups in total. The van der Waals surface area contributed by atoms with Crippen molar-refractivity contribution in [3.8, 4) is 5.75 Å². The summed E-state index contributed by atoms with van der Waals surface area (Å²) in [5, 5.41) is 6.83. The van der Waals surface area contributed by atoms with Gasteiger partial charge >= 0.3 is 6.03 Å². The molecular weight excluding hydrogens is 441 g/mol. The molecule has 4 rings (SSSR count). The van der Waals surface area contributed by atoms with E-state index in [9.17, 15) is 4.79 Å². The summed E-state index contributed by atoms with van der Waals surface area (Å²) in [4.78, 5) is 19.3. The van der Waals surface area contributed by atoms with Crippen molar-refractivity contribution in [3.05, 3.63) is 74.2 Å². The standard InChI is InChI=1S/C22H21Cl2N3O2S/c1-14-2-5-16(6-3-14)26-22(28)27(18-7-8-18)11-17-13-30-21(25-17)12-29-20-10-15(23)4-9-19(20)24/h2-6,9-10,13,18H,7-8,11-12H2,1H3,(H,26,28). The Morgan fingerprint density at radius 2 is 2.00 bits per heavy atom. The molecule has 0 unspecified atom stereocenters. The maximum Gasteiger partial charge on any atom is 0.322 e. The predicted molar refractivity (Wildman–Crippen MR) is 122 cm³/mol. The number of rotatable bonds is 7. The van der Waals surface area contributed by atoms with Gasteiger partial charge in [0.2, 0.25) is 0 Å². The van der Waals surface area contributed by atoms with Crippen LogP contribution in [-0.4, -0.2) is 22.0 Å². The second-order valence-corrected chi connectivity index (χ2v) is 9.04. The zero-order valence-corrected chi connectivity index (χ0v) is 18.7. The van der Waals surface area contributed by atoms with Crippen LogP contribution >= 0.6 is 34.5 Å². The Labute approximate surface area is 189 Å². The van der Waals surface area contributed by atoms with Gasteiger partial charge in [-0.1, -0.05) is 40.9 Å². The van der Waals surface area contributed by atoms with Crippen molar-refractivity contribution in [2.75, 3.05) is 5.32 Å². The molecule has 2 amide bonds. The summed E-state index contributed by atoms with van der Waals surface area (Å²) in [7, 11) is 0. The molecule has 0 saturated heterocycles. The van der Waals surface area contributed by atoms with Gasteiger partial charge in [-0.15, -0.1) is 11.3 Å². The van der Waals surface area contributed by atoms with Gasteiger partial charge in [-0.3, -0.25) is 0 Å². The Morgan fingerprint density at radius 3 is 2.73 bits per heavy atom. The van der Waals surface area contributed by atoms with E-state index in [4.69, 9.17) is 27.9 Å². The third kappa shape index (κ3) is 5.45. The van der Waals surface area contributed by atoms with Gasteiger partial charge in [-0.05, 0) is 44.0 Å². The van der Waals surface area contributed by atoms with Gasteiger partial charge in [-0.2, -0.15) is 0 Å². The number of benzene rings is 2. The molecule has 1 saturated carbocycles. The Kier molecular flexibility index (Phi) is 6.46. The lowest BCUT2D eigenvalue weighted by Crippen LogP contribution is -2.36. The first kappa shape index (κ1) is 21.0. The van der Waals surface area contributed by atoms with E-state index in [1.165, 1.54) is 11.3 Å². The highest BCUT2D eigenvalue weighted by Gasteiger charge is 2.33. The number of nitrogens with one attached hydrogen (secondary N) is 1. The van der Waals surface area contributed by atoms with Gasteiger partial charge < -0.3 is 15.0 Å². The van der Waals surface area contributed by atoms with E-state index in [1.807, 2.05) is 41.5 Å². The molecule has 1 heterocycles. The van der Waals surface area contributed by atoms with E-state index in [1.54, 1.807) is 18.2 Å². The fraction of sp³-hybridized carbons (Fsp3) is 0.273. The maximum absolute atomic E-state index is 12.8. The van der Waals surface area contributed by atoms with Crippen molar-refractivity contribution < 1.29 is 9.53 Å². The molecule has 1 fully saturated rings. The Morgan fingerprint density at radius 1 is 1.23 bits per heavy atom. The second-order valence-electron chi connectivity index (χ2n) is 7.25. The molecular formula is C22H21Cl2N3O2S. The second kappa shape index (κ2) is 9.25. The number of hydrogen-bond donors (Lipinski definition) is 1. The molecule has 5 nitrogen and oxygen atoms in total. The van der Waals surface area contributed by atoms with Crippen LogP contribution < -0.4 is 10.1 Å². The number of urea groups is 1. The smallest absolute Gasteiger partial charge is 0.322 e. The van der Waals surface area contributed by atoms with E-state index < -0.39 is 0 Å². The molecule has 1 aromatic heterocycles. The van der Waals surface area contributed by atoms with Gasteiger partial charge in [-0.25, -0.2) is 9.78 Å². The summed E-state index contributed by atoms with van der Waals surface area (Å²) in [5.41, 5.74) is 2.80. The summed E-state index contributed by atoms with van der Waals surface area (Å²) >= 11 is 13.6. The van der Waals surface area contributed by atoms with Crippen LogP contribution in [0.4, 0.5) is 10.5 Å². The van der Waals surface area contributed by atoms with Gasteiger partial charge in [0, 0.05) is 28.2 Å². The van der Waals surface area contributed by atoms with Crippen molar-refractivity contribution in [1.82, 2.24) is 9.88 Å². The number of ether oxygens (including phenoxy) is 1. The quantitative estimate of drug-likeness (QED) is 0.434. The third-order valence-corrected chi connectivity index (χ3v) is 6.15. The molecule has 1 aliphatic rings. The van der Waals surface area contributed by atoms with Gasteiger partial charge in [0.25, 0.3) is 0 Å². The highest BCUT2D eigenvalue weighted by atomic mass is 35.5. The molecule has 0 atom stereocenters. The SMILES string of the molecule is Cc1ccc(NC(=O)N(Cc2csc(COc3cc(Cl)ccc3Cl)n2)C2CC2)cc1. The van der Waals surface area contributed by atoms with E-state index >= 15 is 0 Å². The largest absolute Gasteiger partial charge is 0.485 e. The van der Waals surface area contributed by atoms with Crippen molar-refractivity contribution in [2.45, 2.75) is 39.0 Å². The van der Waals surface area contributed by atoms with Crippen LogP contribution in [0.25, 0.3) is 0 Å². The first-order valence-corrected chi connectivity index (χ1v) is 11.3. The number of halogens is 2. The first-order valence-electron chi connectivity index (χ1n) is 9.63. The molecule has 0 aliphatic heterocycles. The Hall–Kier alpha value is -2.28. The fourth-order valence-electron chi connectivity index (χ4n) is 2.97. The number of thiazole rings is 1. The normalized spacial score (nSPS) is 13.2. The highest BCUT2D eigenvalue weighted by Crippen LogP contribution is 2.30. The van der Waals surface area contributed by atoms with E-state index in [0.29, 0.717) is 28.9 Å². The lowest BCUT2D eigenvalue weighted by molar-refractivity contribution is 0.205. The number of amides is 2. The van der Waals surface area contributed by atoms with Crippen molar-refractivity contribution in [3.63, 3.8) is 0 Å². The van der Waals surface area contributed by atoms with Crippen LogP contribution in [0.1, 0.15) is 29.1 Å². The molecule has 30 heavy (non-hydrogen) atoms. The van der Waals surface area contributed by atoms with Crippen LogP contribution in [0, 0.1) is 6.92 Å². The number of carbonyl (C=O) groups excluding carboxylic acids is 1. The first-order chi connectivity index (χ1) is 14.5. The van der Waals surface area contributed by atoms with Gasteiger partial charge in [0.05, 0.1) is 17.3 Å². The average molecular weight is 462 g/mol.